The van der Waals surface area contributed by atoms with Gasteiger partial charge in [0.1, 0.15) is 19.3 Å². The van der Waals surface area contributed by atoms with Gasteiger partial charge in [0.25, 0.3) is 0 Å². The minimum atomic E-state index is -0.771. The van der Waals surface area contributed by atoms with E-state index in [0.29, 0.717) is 17.1 Å². The molecule has 22 heavy (non-hydrogen) atoms. The Kier molecular flexibility index (Phi) is 6.59. The molecule has 2 atom stereocenters. The zero-order chi connectivity index (χ0) is 16.1. The average Bonchev–Trinajstić information content (AvgIpc) is 2.47. The summed E-state index contributed by atoms with van der Waals surface area (Å²) in [6.07, 6.45) is 5.38. The lowest BCUT2D eigenvalue weighted by Crippen LogP contribution is -3.14. The Balaban J connectivity index is 1.83. The summed E-state index contributed by atoms with van der Waals surface area (Å²) in [6.45, 7) is 0.407. The molecular formula is C16H23BrF2NO2+. The van der Waals surface area contributed by atoms with Crippen molar-refractivity contribution in [2.24, 2.45) is 0 Å². The van der Waals surface area contributed by atoms with Gasteiger partial charge < -0.3 is 14.7 Å². The summed E-state index contributed by atoms with van der Waals surface area (Å²) < 4.78 is 32.7. The lowest BCUT2D eigenvalue weighted by atomic mass is 9.94. The number of hydrogen-bond acceptors (Lipinski definition) is 2. The normalized spacial score (nSPS) is 19.0. The van der Waals surface area contributed by atoms with Gasteiger partial charge in [0.05, 0.1) is 13.1 Å². The Labute approximate surface area is 138 Å². The van der Waals surface area contributed by atoms with E-state index < -0.39 is 23.5 Å². The van der Waals surface area contributed by atoms with E-state index in [1.54, 1.807) is 0 Å². The van der Waals surface area contributed by atoms with Crippen molar-refractivity contribution in [2.75, 3.05) is 20.2 Å². The maximum Gasteiger partial charge on any atom is 0.190 e. The van der Waals surface area contributed by atoms with Gasteiger partial charge in [-0.3, -0.25) is 0 Å². The highest BCUT2D eigenvalue weighted by atomic mass is 79.9. The van der Waals surface area contributed by atoms with E-state index in [1.807, 2.05) is 0 Å². The summed E-state index contributed by atoms with van der Waals surface area (Å²) in [4.78, 5) is 1.26. The van der Waals surface area contributed by atoms with Gasteiger partial charge in [0.15, 0.2) is 17.4 Å². The Hall–Kier alpha value is -0.720. The summed E-state index contributed by atoms with van der Waals surface area (Å²) >= 11 is 3.02. The second kappa shape index (κ2) is 8.22. The molecule has 0 bridgehead atoms. The van der Waals surface area contributed by atoms with E-state index in [-0.39, 0.29) is 6.61 Å². The zero-order valence-corrected chi connectivity index (χ0v) is 14.3. The fourth-order valence-corrected chi connectivity index (χ4v) is 3.44. The van der Waals surface area contributed by atoms with Crippen LogP contribution in [0.25, 0.3) is 0 Å². The molecule has 1 fully saturated rings. The zero-order valence-electron chi connectivity index (χ0n) is 12.7. The van der Waals surface area contributed by atoms with Gasteiger partial charge in [0.2, 0.25) is 0 Å². The lowest BCUT2D eigenvalue weighted by Gasteiger charge is -2.29. The first-order valence-corrected chi connectivity index (χ1v) is 8.54. The summed E-state index contributed by atoms with van der Waals surface area (Å²) in [5, 5.41) is 10.0. The fourth-order valence-electron chi connectivity index (χ4n) is 3.04. The van der Waals surface area contributed by atoms with Crippen molar-refractivity contribution in [2.45, 2.75) is 44.2 Å². The maximum atomic E-state index is 13.6. The highest BCUT2D eigenvalue weighted by Gasteiger charge is 2.24. The van der Waals surface area contributed by atoms with Crippen molar-refractivity contribution in [1.29, 1.82) is 0 Å². The summed E-state index contributed by atoms with van der Waals surface area (Å²) in [6, 6.07) is 2.85. The first-order valence-electron chi connectivity index (χ1n) is 7.75. The van der Waals surface area contributed by atoms with E-state index in [0.717, 1.165) is 12.1 Å². The Morgan fingerprint density at radius 2 is 1.86 bits per heavy atom. The SMILES string of the molecule is C[NH+](C[C@H](O)COc1c(F)cc(Br)cc1F)C1CCCCC1. The van der Waals surface area contributed by atoms with Gasteiger partial charge >= 0.3 is 0 Å². The van der Waals surface area contributed by atoms with Gasteiger partial charge in [-0.15, -0.1) is 0 Å². The molecule has 6 heteroatoms. The van der Waals surface area contributed by atoms with Crippen LogP contribution in [0.2, 0.25) is 0 Å². The van der Waals surface area contributed by atoms with Crippen LogP contribution in [0.5, 0.6) is 5.75 Å². The van der Waals surface area contributed by atoms with Crippen LogP contribution >= 0.6 is 15.9 Å². The molecule has 1 aliphatic rings. The van der Waals surface area contributed by atoms with Crippen LogP contribution in [0.1, 0.15) is 32.1 Å². The maximum absolute atomic E-state index is 13.6. The highest BCUT2D eigenvalue weighted by Crippen LogP contribution is 2.25. The molecule has 2 N–H and O–H groups in total. The van der Waals surface area contributed by atoms with Gasteiger partial charge in [-0.2, -0.15) is 0 Å². The number of ether oxygens (including phenoxy) is 1. The molecular weight excluding hydrogens is 356 g/mol. The van der Waals surface area contributed by atoms with Crippen molar-refractivity contribution in [3.8, 4) is 5.75 Å². The van der Waals surface area contributed by atoms with E-state index in [2.05, 4.69) is 23.0 Å². The predicted molar refractivity (Wildman–Crippen MR) is 84.2 cm³/mol. The van der Waals surface area contributed by atoms with E-state index in [1.165, 1.54) is 37.0 Å². The molecule has 0 radical (unpaired) electrons. The van der Waals surface area contributed by atoms with Crippen LogP contribution in [0.15, 0.2) is 16.6 Å². The minimum Gasteiger partial charge on any atom is -0.485 e. The number of nitrogens with one attached hydrogen (secondary N) is 1. The van der Waals surface area contributed by atoms with Crippen LogP contribution in [0, 0.1) is 11.6 Å². The number of benzene rings is 1. The third-order valence-corrected chi connectivity index (χ3v) is 4.70. The third-order valence-electron chi connectivity index (χ3n) is 4.24. The quantitative estimate of drug-likeness (QED) is 0.796. The van der Waals surface area contributed by atoms with Gasteiger partial charge in [-0.1, -0.05) is 22.4 Å². The molecule has 1 aromatic carbocycles. The smallest absolute Gasteiger partial charge is 0.190 e. The number of hydrogen-bond donors (Lipinski definition) is 2. The fraction of sp³-hybridized carbons (Fsp3) is 0.625. The minimum absolute atomic E-state index is 0.112. The molecule has 2 rings (SSSR count). The van der Waals surface area contributed by atoms with Gasteiger partial charge in [-0.05, 0) is 37.8 Å². The molecule has 0 saturated heterocycles. The highest BCUT2D eigenvalue weighted by molar-refractivity contribution is 9.10. The topological polar surface area (TPSA) is 33.9 Å². The van der Waals surface area contributed by atoms with Gasteiger partial charge in [0, 0.05) is 4.47 Å². The third kappa shape index (κ3) is 4.89. The molecule has 0 aromatic heterocycles. The van der Waals surface area contributed by atoms with Crippen molar-refractivity contribution >= 4 is 15.9 Å². The van der Waals surface area contributed by atoms with Crippen molar-refractivity contribution in [3.63, 3.8) is 0 Å². The number of aliphatic hydroxyl groups is 1. The van der Waals surface area contributed by atoms with Crippen LogP contribution in [-0.2, 0) is 0 Å². The molecule has 0 spiro atoms. The molecule has 3 nitrogen and oxygen atoms in total. The lowest BCUT2D eigenvalue weighted by molar-refractivity contribution is -0.910. The monoisotopic (exact) mass is 378 g/mol. The van der Waals surface area contributed by atoms with Crippen LogP contribution in [0.3, 0.4) is 0 Å². The predicted octanol–water partition coefficient (Wildman–Crippen LogP) is 2.31. The number of halogens is 3. The summed E-state index contributed by atoms with van der Waals surface area (Å²) in [5.41, 5.74) is 0. The number of aliphatic hydroxyl groups excluding tert-OH is 1. The first-order chi connectivity index (χ1) is 10.5. The molecule has 1 aliphatic carbocycles. The Morgan fingerprint density at radius 3 is 2.45 bits per heavy atom. The van der Waals surface area contributed by atoms with Crippen molar-refractivity contribution in [1.82, 2.24) is 0 Å². The van der Waals surface area contributed by atoms with Gasteiger partial charge in [-0.25, -0.2) is 8.78 Å². The second-order valence-electron chi connectivity index (χ2n) is 6.05. The molecule has 1 unspecified atom stereocenters. The molecule has 0 aliphatic heterocycles. The van der Waals surface area contributed by atoms with Crippen LogP contribution < -0.4 is 9.64 Å². The standard InChI is InChI=1S/C16H22BrF2NO2/c1-20(12-5-3-2-4-6-12)9-13(21)10-22-16-14(18)7-11(17)8-15(16)19/h7-8,12-13,21H,2-6,9-10H2,1H3/p+1/t13-/m0/s1. The molecule has 124 valence electrons. The molecule has 0 amide bonds. The van der Waals surface area contributed by atoms with Crippen molar-refractivity contribution < 1.29 is 23.5 Å². The molecule has 1 aromatic rings. The Bertz CT molecular complexity index is 472. The first kappa shape index (κ1) is 17.6. The number of quaternary nitrogens is 1. The van der Waals surface area contributed by atoms with E-state index >= 15 is 0 Å². The average molecular weight is 379 g/mol. The largest absolute Gasteiger partial charge is 0.485 e. The van der Waals surface area contributed by atoms with Crippen molar-refractivity contribution in [3.05, 3.63) is 28.2 Å². The summed E-state index contributed by atoms with van der Waals surface area (Å²) in [7, 11) is 2.06. The second-order valence-corrected chi connectivity index (χ2v) is 6.96. The molecule has 0 heterocycles. The van der Waals surface area contributed by atoms with Crippen LogP contribution in [-0.4, -0.2) is 37.5 Å². The van der Waals surface area contributed by atoms with E-state index in [4.69, 9.17) is 4.74 Å². The Morgan fingerprint density at radius 1 is 1.27 bits per heavy atom. The summed E-state index contributed by atoms with van der Waals surface area (Å²) in [5.74, 6) is -1.98. The number of rotatable bonds is 6. The number of likely N-dealkylation sites (N-methyl/N-ethyl adjacent to an activating group) is 1. The van der Waals surface area contributed by atoms with Crippen LogP contribution in [0.4, 0.5) is 8.78 Å². The molecule has 1 saturated carbocycles. The van der Waals surface area contributed by atoms with E-state index in [9.17, 15) is 13.9 Å².